The first-order valence-electron chi connectivity index (χ1n) is 0.885. The number of rotatable bonds is 1. The molecule has 8 heteroatoms. The molecule has 0 aliphatic carbocycles. The fourth-order valence-corrected chi connectivity index (χ4v) is 0. The summed E-state index contributed by atoms with van der Waals surface area (Å²) in [5.41, 5.74) is 0. The van der Waals surface area contributed by atoms with Crippen molar-refractivity contribution < 1.29 is 18.4 Å². The molecular weight excluding hydrogens is 258 g/mol. The molecule has 0 aromatic heterocycles. The Bertz CT molecular complexity index is 80.1. The molecule has 42 valence electrons. The molecule has 0 aromatic carbocycles. The quantitative estimate of drug-likeness (QED) is 0.392. The third kappa shape index (κ3) is 16.1. The van der Waals surface area contributed by atoms with Crippen molar-refractivity contribution in [2.24, 2.45) is 0 Å². The molecule has 0 aromatic rings. The van der Waals surface area contributed by atoms with Gasteiger partial charge in [-0.15, -0.1) is 0 Å². The van der Waals surface area contributed by atoms with Crippen LogP contribution in [0.3, 0.4) is 0 Å². The van der Waals surface area contributed by atoms with Gasteiger partial charge in [0.25, 0.3) is 0 Å². The van der Waals surface area contributed by atoms with Gasteiger partial charge in [-0.3, -0.25) is 0 Å². The summed E-state index contributed by atoms with van der Waals surface area (Å²) in [5.74, 6) is 0. The van der Waals surface area contributed by atoms with Crippen molar-refractivity contribution in [3.63, 3.8) is 0 Å². The van der Waals surface area contributed by atoms with E-state index in [1.54, 1.807) is 0 Å². The zero-order chi connectivity index (χ0) is 5.21. The van der Waals surface area contributed by atoms with Crippen LogP contribution in [0.1, 0.15) is 0 Å². The predicted octanol–water partition coefficient (Wildman–Crippen LogP) is -2.31. The van der Waals surface area contributed by atoms with Gasteiger partial charge in [-0.05, 0) is 0 Å². The topological polar surface area (TPSA) is 72.4 Å². The van der Waals surface area contributed by atoms with Crippen LogP contribution in [-0.4, -0.2) is 83.2 Å². The summed E-state index contributed by atoms with van der Waals surface area (Å²) in [6.45, 7) is 0. The van der Waals surface area contributed by atoms with Crippen molar-refractivity contribution >= 4 is 103 Å². The van der Waals surface area contributed by atoms with Gasteiger partial charge in [0.05, 0.1) is 19.7 Å². The van der Waals surface area contributed by atoms with Crippen molar-refractivity contribution in [2.75, 3.05) is 0 Å². The third-order valence-corrected chi connectivity index (χ3v) is 0.761. The van der Waals surface area contributed by atoms with Gasteiger partial charge >= 0.3 is 83.2 Å². The first-order chi connectivity index (χ1) is 2.56. The molecular formula is H2CaClO4PSr. The second-order valence-electron chi connectivity index (χ2n) is 0.516. The molecule has 4 nitrogen and oxygen atoms in total. The van der Waals surface area contributed by atoms with Crippen LogP contribution in [-0.2, 0) is 8.64 Å². The third-order valence-electron chi connectivity index (χ3n) is 0.0845. The average Bonchev–Trinajstić information content (AvgIpc) is 1.35. The van der Waals surface area contributed by atoms with E-state index in [0.29, 0.717) is 0 Å². The van der Waals surface area contributed by atoms with Crippen LogP contribution in [0.5, 0.6) is 0 Å². The van der Waals surface area contributed by atoms with Gasteiger partial charge in [-0.2, -0.15) is 0 Å². The molecule has 0 heterocycles. The summed E-state index contributed by atoms with van der Waals surface area (Å²) in [5, 5.41) is 0. The van der Waals surface area contributed by atoms with Crippen molar-refractivity contribution in [2.45, 2.75) is 0 Å². The molecule has 0 radical (unpaired) electrons. The Morgan fingerprint density at radius 3 is 1.62 bits per heavy atom. The SMILES string of the molecule is O=P([O-])([O-])OCl.[Ca+2].[SrH2]. The van der Waals surface area contributed by atoms with E-state index < -0.39 is 7.82 Å². The molecule has 0 fully saturated rings. The monoisotopic (exact) mass is 260 g/mol. The fraction of sp³-hybridized carbons (Fsp3) is 0. The maximum atomic E-state index is 9.12. The van der Waals surface area contributed by atoms with Crippen LogP contribution < -0.4 is 9.79 Å². The van der Waals surface area contributed by atoms with Gasteiger partial charge in [0.2, 0.25) is 0 Å². The molecule has 0 amide bonds. The van der Waals surface area contributed by atoms with Crippen LogP contribution in [0.15, 0.2) is 0 Å². The summed E-state index contributed by atoms with van der Waals surface area (Å²) in [6.07, 6.45) is 0. The minimum atomic E-state index is -4.88. The number of phosphoric acid groups is 1. The number of hydrogen-bond acceptors (Lipinski definition) is 4. The molecule has 8 heavy (non-hydrogen) atoms. The zero-order valence-electron chi connectivity index (χ0n) is 3.17. The first-order valence-corrected chi connectivity index (χ1v) is 2.65. The Kier molecular flexibility index (Phi) is 17.8. The van der Waals surface area contributed by atoms with Crippen molar-refractivity contribution in [1.29, 1.82) is 0 Å². The van der Waals surface area contributed by atoms with E-state index in [1.807, 2.05) is 0 Å². The Morgan fingerprint density at radius 1 is 1.50 bits per heavy atom. The first kappa shape index (κ1) is 17.3. The van der Waals surface area contributed by atoms with Crippen molar-refractivity contribution in [3.8, 4) is 0 Å². The zero-order valence-corrected chi connectivity index (χ0v) is 7.02. The molecule has 0 saturated carbocycles. The summed E-state index contributed by atoms with van der Waals surface area (Å²) >= 11 is 4.09. The average molecular weight is 260 g/mol. The second kappa shape index (κ2) is 8.24. The van der Waals surface area contributed by atoms with Crippen LogP contribution in [0.4, 0.5) is 0 Å². The molecule has 0 saturated heterocycles. The van der Waals surface area contributed by atoms with Gasteiger partial charge in [0.1, 0.15) is 0 Å². The van der Waals surface area contributed by atoms with Gasteiger partial charge in [-0.1, -0.05) is 0 Å². The van der Waals surface area contributed by atoms with E-state index in [1.165, 1.54) is 0 Å². The van der Waals surface area contributed by atoms with E-state index >= 15 is 0 Å². The molecule has 0 unspecified atom stereocenters. The van der Waals surface area contributed by atoms with Crippen LogP contribution >= 0.6 is 19.7 Å². The Morgan fingerprint density at radius 2 is 1.62 bits per heavy atom. The Labute approximate surface area is 119 Å². The van der Waals surface area contributed by atoms with E-state index in [-0.39, 0.29) is 83.2 Å². The van der Waals surface area contributed by atoms with Gasteiger partial charge < -0.3 is 14.4 Å². The molecule has 0 rings (SSSR count). The summed E-state index contributed by atoms with van der Waals surface area (Å²) in [7, 11) is -4.88. The van der Waals surface area contributed by atoms with Crippen LogP contribution in [0, 0.1) is 0 Å². The van der Waals surface area contributed by atoms with E-state index in [0.717, 1.165) is 0 Å². The second-order valence-corrected chi connectivity index (χ2v) is 1.96. The number of hydrogen-bond donors (Lipinski definition) is 0. The standard InChI is InChI=1S/Ca.ClH2O4P.Sr.2H/c;1-5-6(2,3)4;;;/h;(H2,2,3,4);;;/q+2;;;;/p-2. The summed E-state index contributed by atoms with van der Waals surface area (Å²) < 4.78 is 12.0. The van der Waals surface area contributed by atoms with Crippen molar-refractivity contribution in [3.05, 3.63) is 0 Å². The summed E-state index contributed by atoms with van der Waals surface area (Å²) in [6, 6.07) is 0. The Hall–Kier alpha value is 3.14. The maximum absolute atomic E-state index is 9.12. The minimum absolute atomic E-state index is 0. The fourth-order valence-electron chi connectivity index (χ4n) is 0. The van der Waals surface area contributed by atoms with Crippen LogP contribution in [0.25, 0.3) is 0 Å². The van der Waals surface area contributed by atoms with E-state index in [4.69, 9.17) is 14.4 Å². The number of halogens is 1. The normalized spacial score (nSPS) is 8.88. The van der Waals surface area contributed by atoms with Gasteiger partial charge in [0.15, 0.2) is 0 Å². The molecule has 0 spiro atoms. The van der Waals surface area contributed by atoms with E-state index in [2.05, 4.69) is 15.9 Å². The molecule has 0 aliphatic heterocycles. The molecule has 0 bridgehead atoms. The van der Waals surface area contributed by atoms with E-state index in [9.17, 15) is 0 Å². The summed E-state index contributed by atoms with van der Waals surface area (Å²) in [4.78, 5) is 18.2. The predicted molar refractivity (Wildman–Crippen MR) is 28.8 cm³/mol. The Balaban J connectivity index is -0.000000125. The molecule has 0 N–H and O–H groups in total. The molecule has 0 atom stereocenters. The van der Waals surface area contributed by atoms with Gasteiger partial charge in [0, 0.05) is 0 Å². The van der Waals surface area contributed by atoms with Gasteiger partial charge in [-0.25, -0.2) is 4.08 Å². The van der Waals surface area contributed by atoms with Crippen molar-refractivity contribution in [1.82, 2.24) is 0 Å². The molecule has 0 aliphatic rings. The van der Waals surface area contributed by atoms with Crippen LogP contribution in [0.2, 0.25) is 0 Å².